The highest BCUT2D eigenvalue weighted by Crippen LogP contribution is 2.33. The first kappa shape index (κ1) is 23.9. The Morgan fingerprint density at radius 1 is 1.18 bits per heavy atom. The average molecular weight is 472 g/mol. The van der Waals surface area contributed by atoms with E-state index >= 15 is 0 Å². The van der Waals surface area contributed by atoms with Crippen LogP contribution in [-0.2, 0) is 9.53 Å². The predicted octanol–water partition coefficient (Wildman–Crippen LogP) is 2.24. The van der Waals surface area contributed by atoms with Gasteiger partial charge in [0.25, 0.3) is 5.91 Å². The van der Waals surface area contributed by atoms with Gasteiger partial charge in [-0.15, -0.1) is 16.4 Å². The van der Waals surface area contributed by atoms with Crippen LogP contribution >= 0.6 is 11.3 Å². The monoisotopic (exact) mass is 471 g/mol. The van der Waals surface area contributed by atoms with Crippen LogP contribution in [0.4, 0.5) is 10.7 Å². The van der Waals surface area contributed by atoms with Gasteiger partial charge in [-0.2, -0.15) is 4.68 Å². The van der Waals surface area contributed by atoms with Gasteiger partial charge in [-0.3, -0.25) is 9.59 Å². The van der Waals surface area contributed by atoms with Crippen molar-refractivity contribution in [3.63, 3.8) is 0 Å². The maximum Gasteiger partial charge on any atom is 0.341 e. The molecule has 2 heterocycles. The molecule has 12 heteroatoms. The molecule has 3 N–H and O–H groups in total. The summed E-state index contributed by atoms with van der Waals surface area (Å²) in [6.45, 7) is 7.18. The molecule has 2 aromatic heterocycles. The summed E-state index contributed by atoms with van der Waals surface area (Å²) in [6, 6.07) is 5.58. The first-order valence-corrected chi connectivity index (χ1v) is 11.0. The highest BCUT2D eigenvalue weighted by Gasteiger charge is 2.26. The van der Waals surface area contributed by atoms with Gasteiger partial charge in [0.15, 0.2) is 5.82 Å². The summed E-state index contributed by atoms with van der Waals surface area (Å²) in [5, 5.41) is 20.1. The minimum absolute atomic E-state index is 0.0639. The van der Waals surface area contributed by atoms with Crippen molar-refractivity contribution in [2.45, 2.75) is 27.7 Å². The van der Waals surface area contributed by atoms with E-state index in [9.17, 15) is 14.4 Å². The highest BCUT2D eigenvalue weighted by atomic mass is 32.1. The van der Waals surface area contributed by atoms with Crippen molar-refractivity contribution in [2.75, 3.05) is 30.8 Å². The molecule has 0 radical (unpaired) electrons. The molecule has 0 aliphatic heterocycles. The number of thiophene rings is 1. The van der Waals surface area contributed by atoms with Gasteiger partial charge in [0, 0.05) is 12.7 Å². The number of nitrogens with one attached hydrogen (secondary N) is 3. The quantitative estimate of drug-likeness (QED) is 0.425. The Morgan fingerprint density at radius 3 is 2.58 bits per heavy atom. The molecule has 0 unspecified atom stereocenters. The standard InChI is InChI=1S/C21H25N7O4S/c1-6-32-21(31)17-12(3)18(19(30)22-5)33-20(17)24-16(29)10-23-14-8-7-11(2)15(9-14)28-13(4)25-26-27-28/h7-9,23H,6,10H2,1-5H3,(H,22,30)(H,24,29). The van der Waals surface area contributed by atoms with Crippen molar-refractivity contribution in [2.24, 2.45) is 0 Å². The number of aryl methyl sites for hydroxylation is 2. The molecular weight excluding hydrogens is 446 g/mol. The molecule has 33 heavy (non-hydrogen) atoms. The fourth-order valence-corrected chi connectivity index (χ4v) is 4.29. The molecule has 1 aromatic carbocycles. The summed E-state index contributed by atoms with van der Waals surface area (Å²) in [5.41, 5.74) is 3.09. The minimum Gasteiger partial charge on any atom is -0.462 e. The van der Waals surface area contributed by atoms with Gasteiger partial charge >= 0.3 is 5.97 Å². The number of tetrazole rings is 1. The molecule has 0 atom stereocenters. The Morgan fingerprint density at radius 2 is 1.94 bits per heavy atom. The third-order valence-electron chi connectivity index (χ3n) is 4.83. The third kappa shape index (κ3) is 5.17. The van der Waals surface area contributed by atoms with Crippen LogP contribution in [0.15, 0.2) is 18.2 Å². The number of carbonyl (C=O) groups excluding carboxylic acids is 3. The van der Waals surface area contributed by atoms with Gasteiger partial charge in [0.2, 0.25) is 5.91 Å². The van der Waals surface area contributed by atoms with Gasteiger partial charge in [0.05, 0.1) is 29.3 Å². The van der Waals surface area contributed by atoms with Gasteiger partial charge < -0.3 is 20.7 Å². The molecule has 3 aromatic rings. The van der Waals surface area contributed by atoms with E-state index in [0.29, 0.717) is 22.0 Å². The normalized spacial score (nSPS) is 10.6. The molecule has 0 bridgehead atoms. The Labute approximate surface area is 194 Å². The van der Waals surface area contributed by atoms with Gasteiger partial charge in [-0.25, -0.2) is 4.79 Å². The number of anilines is 2. The number of hydrogen-bond donors (Lipinski definition) is 3. The van der Waals surface area contributed by atoms with Crippen LogP contribution in [0.5, 0.6) is 0 Å². The molecule has 0 aliphatic rings. The number of esters is 1. The van der Waals surface area contributed by atoms with Crippen LogP contribution in [0, 0.1) is 20.8 Å². The van der Waals surface area contributed by atoms with E-state index in [4.69, 9.17) is 4.74 Å². The van der Waals surface area contributed by atoms with Crippen LogP contribution in [0.1, 0.15) is 43.9 Å². The molecule has 11 nitrogen and oxygen atoms in total. The smallest absolute Gasteiger partial charge is 0.341 e. The van der Waals surface area contributed by atoms with Gasteiger partial charge in [0.1, 0.15) is 5.00 Å². The van der Waals surface area contributed by atoms with E-state index in [-0.39, 0.29) is 35.5 Å². The number of hydrogen-bond acceptors (Lipinski definition) is 9. The largest absolute Gasteiger partial charge is 0.462 e. The van der Waals surface area contributed by atoms with E-state index in [1.165, 1.54) is 7.05 Å². The minimum atomic E-state index is -0.593. The first-order chi connectivity index (χ1) is 15.8. The Balaban J connectivity index is 1.77. The van der Waals surface area contributed by atoms with E-state index in [0.717, 1.165) is 22.6 Å². The topological polar surface area (TPSA) is 140 Å². The van der Waals surface area contributed by atoms with E-state index in [1.54, 1.807) is 25.5 Å². The average Bonchev–Trinajstić information content (AvgIpc) is 3.35. The summed E-state index contributed by atoms with van der Waals surface area (Å²) in [4.78, 5) is 37.6. The zero-order valence-corrected chi connectivity index (χ0v) is 19.8. The van der Waals surface area contributed by atoms with Crippen molar-refractivity contribution >= 4 is 39.8 Å². The fourth-order valence-electron chi connectivity index (χ4n) is 3.14. The Kier molecular flexibility index (Phi) is 7.38. The van der Waals surface area contributed by atoms with E-state index in [1.807, 2.05) is 25.1 Å². The van der Waals surface area contributed by atoms with Crippen molar-refractivity contribution in [1.29, 1.82) is 0 Å². The number of nitrogens with zero attached hydrogens (tertiary/aromatic N) is 4. The van der Waals surface area contributed by atoms with E-state index in [2.05, 4.69) is 31.5 Å². The molecule has 0 saturated carbocycles. The van der Waals surface area contributed by atoms with Crippen LogP contribution < -0.4 is 16.0 Å². The van der Waals surface area contributed by atoms with Crippen molar-refractivity contribution < 1.29 is 19.1 Å². The number of rotatable bonds is 8. The molecule has 0 saturated heterocycles. The molecule has 0 aliphatic carbocycles. The fraction of sp³-hybridized carbons (Fsp3) is 0.333. The maximum absolute atomic E-state index is 12.7. The van der Waals surface area contributed by atoms with Crippen LogP contribution in [0.3, 0.4) is 0 Å². The number of aromatic nitrogens is 4. The lowest BCUT2D eigenvalue weighted by molar-refractivity contribution is -0.114. The SMILES string of the molecule is CCOC(=O)c1c(NC(=O)CNc2ccc(C)c(-n3nnnc3C)c2)sc(C(=O)NC)c1C. The summed E-state index contributed by atoms with van der Waals surface area (Å²) >= 11 is 1.03. The third-order valence-corrected chi connectivity index (χ3v) is 6.03. The summed E-state index contributed by atoms with van der Waals surface area (Å²) < 4.78 is 6.72. The summed E-state index contributed by atoms with van der Waals surface area (Å²) in [5.74, 6) is -0.679. The summed E-state index contributed by atoms with van der Waals surface area (Å²) in [7, 11) is 1.50. The molecular formula is C21H25N7O4S. The molecule has 0 fully saturated rings. The highest BCUT2D eigenvalue weighted by molar-refractivity contribution is 7.18. The Hall–Kier alpha value is -3.80. The second-order valence-corrected chi connectivity index (χ2v) is 8.12. The van der Waals surface area contributed by atoms with Crippen molar-refractivity contribution in [3.05, 3.63) is 45.6 Å². The van der Waals surface area contributed by atoms with Crippen LogP contribution in [0.2, 0.25) is 0 Å². The Bertz CT molecular complexity index is 1200. The predicted molar refractivity (Wildman–Crippen MR) is 124 cm³/mol. The first-order valence-electron chi connectivity index (χ1n) is 10.2. The molecule has 0 spiro atoms. The maximum atomic E-state index is 12.7. The number of amides is 2. The number of benzene rings is 1. The van der Waals surface area contributed by atoms with Gasteiger partial charge in [-0.1, -0.05) is 6.07 Å². The second kappa shape index (κ2) is 10.2. The molecule has 2 amide bonds. The van der Waals surface area contributed by atoms with Crippen molar-refractivity contribution in [3.8, 4) is 5.69 Å². The summed E-state index contributed by atoms with van der Waals surface area (Å²) in [6.07, 6.45) is 0. The lowest BCUT2D eigenvalue weighted by Crippen LogP contribution is -2.22. The van der Waals surface area contributed by atoms with Crippen molar-refractivity contribution in [1.82, 2.24) is 25.5 Å². The second-order valence-electron chi connectivity index (χ2n) is 7.10. The van der Waals surface area contributed by atoms with Gasteiger partial charge in [-0.05, 0) is 61.4 Å². The molecule has 3 rings (SSSR count). The zero-order valence-electron chi connectivity index (χ0n) is 19.0. The van der Waals surface area contributed by atoms with Crippen LogP contribution in [0.25, 0.3) is 5.69 Å². The lowest BCUT2D eigenvalue weighted by Gasteiger charge is -2.11. The van der Waals surface area contributed by atoms with E-state index < -0.39 is 5.97 Å². The molecule has 174 valence electrons. The van der Waals surface area contributed by atoms with Crippen LogP contribution in [-0.4, -0.2) is 58.2 Å². The number of carbonyl (C=O) groups is 3. The number of ether oxygens (including phenoxy) is 1. The zero-order chi connectivity index (χ0) is 24.1. The lowest BCUT2D eigenvalue weighted by atomic mass is 10.1.